The van der Waals surface area contributed by atoms with Crippen LogP contribution in [0.4, 0.5) is 0 Å². The quantitative estimate of drug-likeness (QED) is 0.686. The summed E-state index contributed by atoms with van der Waals surface area (Å²) in [6.45, 7) is 8.45. The van der Waals surface area contributed by atoms with E-state index in [-0.39, 0.29) is 0 Å². The Morgan fingerprint density at radius 1 is 0.950 bits per heavy atom. The summed E-state index contributed by atoms with van der Waals surface area (Å²) in [5.41, 5.74) is 0. The van der Waals surface area contributed by atoms with Gasteiger partial charge in [0.15, 0.2) is 0 Å². The van der Waals surface area contributed by atoms with Crippen LogP contribution in [0, 0.1) is 23.7 Å². The summed E-state index contributed by atoms with van der Waals surface area (Å²) in [6.07, 6.45) is 14.6. The van der Waals surface area contributed by atoms with Gasteiger partial charge in [0.1, 0.15) is 0 Å². The molecule has 0 amide bonds. The minimum Gasteiger partial charge on any atom is -0.314 e. The third kappa shape index (κ3) is 5.76. The zero-order valence-corrected chi connectivity index (χ0v) is 14.2. The average molecular weight is 280 g/mol. The van der Waals surface area contributed by atoms with Gasteiger partial charge in [-0.1, -0.05) is 59.3 Å². The lowest BCUT2D eigenvalue weighted by Crippen LogP contribution is -2.35. The third-order valence-electron chi connectivity index (χ3n) is 5.71. The van der Waals surface area contributed by atoms with Crippen LogP contribution in [0.2, 0.25) is 0 Å². The van der Waals surface area contributed by atoms with Crippen LogP contribution in [0.1, 0.15) is 85.0 Å². The summed E-state index contributed by atoms with van der Waals surface area (Å²) in [6, 6.07) is 0.829. The summed E-state index contributed by atoms with van der Waals surface area (Å²) in [5, 5.41) is 3.88. The maximum absolute atomic E-state index is 3.88. The van der Waals surface area contributed by atoms with Gasteiger partial charge in [0.25, 0.3) is 0 Å². The molecule has 2 saturated carbocycles. The molecule has 1 nitrogen and oxygen atoms in total. The molecule has 0 aromatic carbocycles. The first-order chi connectivity index (χ1) is 9.63. The first-order valence-corrected chi connectivity index (χ1v) is 9.37. The van der Waals surface area contributed by atoms with Crippen LogP contribution >= 0.6 is 0 Å². The summed E-state index contributed by atoms with van der Waals surface area (Å²) in [7, 11) is 0. The molecule has 1 N–H and O–H groups in total. The predicted octanol–water partition coefficient (Wildman–Crippen LogP) is 5.40. The Morgan fingerprint density at radius 3 is 2.40 bits per heavy atom. The number of hydrogen-bond donors (Lipinski definition) is 1. The van der Waals surface area contributed by atoms with Gasteiger partial charge in [0.2, 0.25) is 0 Å². The van der Waals surface area contributed by atoms with Crippen LogP contribution < -0.4 is 5.32 Å². The molecule has 118 valence electrons. The van der Waals surface area contributed by atoms with Gasteiger partial charge < -0.3 is 5.32 Å². The highest BCUT2D eigenvalue weighted by Crippen LogP contribution is 2.31. The molecule has 0 radical (unpaired) electrons. The molecule has 20 heavy (non-hydrogen) atoms. The maximum Gasteiger partial charge on any atom is 0.00697 e. The van der Waals surface area contributed by atoms with E-state index in [0.29, 0.717) is 0 Å². The normalized spacial score (nSPS) is 35.4. The molecule has 1 heteroatoms. The van der Waals surface area contributed by atoms with Crippen molar-refractivity contribution < 1.29 is 0 Å². The summed E-state index contributed by atoms with van der Waals surface area (Å²) in [5.74, 6) is 3.89. The Labute approximate surface area is 127 Å². The molecular formula is C19H37N. The van der Waals surface area contributed by atoms with E-state index in [9.17, 15) is 0 Å². The molecule has 0 aromatic heterocycles. The molecule has 2 atom stereocenters. The number of hydrogen-bond acceptors (Lipinski definition) is 1. The van der Waals surface area contributed by atoms with Crippen molar-refractivity contribution in [1.82, 2.24) is 5.32 Å². The predicted molar refractivity (Wildman–Crippen MR) is 88.9 cm³/mol. The van der Waals surface area contributed by atoms with Crippen LogP contribution in [0.5, 0.6) is 0 Å². The smallest absolute Gasteiger partial charge is 0.00697 e. The van der Waals surface area contributed by atoms with Gasteiger partial charge in [-0.3, -0.25) is 0 Å². The molecule has 2 aliphatic carbocycles. The van der Waals surface area contributed by atoms with Gasteiger partial charge in [0.05, 0.1) is 0 Å². The Balaban J connectivity index is 1.59. The molecule has 0 heterocycles. The molecule has 2 aliphatic rings. The van der Waals surface area contributed by atoms with Crippen molar-refractivity contribution >= 4 is 0 Å². The largest absolute Gasteiger partial charge is 0.314 e. The van der Waals surface area contributed by atoms with Crippen LogP contribution in [0.15, 0.2) is 0 Å². The van der Waals surface area contributed by atoms with Crippen molar-refractivity contribution in [3.8, 4) is 0 Å². The summed E-state index contributed by atoms with van der Waals surface area (Å²) < 4.78 is 0. The van der Waals surface area contributed by atoms with E-state index in [4.69, 9.17) is 0 Å². The van der Waals surface area contributed by atoms with E-state index in [2.05, 4.69) is 26.1 Å². The second kappa shape index (κ2) is 8.41. The first-order valence-electron chi connectivity index (χ1n) is 9.37. The van der Waals surface area contributed by atoms with E-state index in [1.54, 1.807) is 0 Å². The first kappa shape index (κ1) is 16.3. The molecule has 2 fully saturated rings. The molecule has 0 aliphatic heterocycles. The van der Waals surface area contributed by atoms with Crippen molar-refractivity contribution in [2.45, 2.75) is 91.0 Å². The van der Waals surface area contributed by atoms with Crippen LogP contribution in [-0.4, -0.2) is 12.6 Å². The number of rotatable bonds is 6. The fraction of sp³-hybridized carbons (Fsp3) is 1.00. The van der Waals surface area contributed by atoms with Gasteiger partial charge in [0, 0.05) is 6.04 Å². The zero-order chi connectivity index (χ0) is 14.4. The Kier molecular flexibility index (Phi) is 6.87. The minimum atomic E-state index is 0.829. The zero-order valence-electron chi connectivity index (χ0n) is 14.2. The van der Waals surface area contributed by atoms with Crippen molar-refractivity contribution in [2.24, 2.45) is 23.7 Å². The van der Waals surface area contributed by atoms with Crippen LogP contribution in [-0.2, 0) is 0 Å². The molecule has 0 spiro atoms. The van der Waals surface area contributed by atoms with Gasteiger partial charge in [-0.2, -0.15) is 0 Å². The lowest BCUT2D eigenvalue weighted by Gasteiger charge is -2.32. The van der Waals surface area contributed by atoms with E-state index in [1.807, 2.05) is 0 Å². The highest BCUT2D eigenvalue weighted by atomic mass is 14.9. The summed E-state index contributed by atoms with van der Waals surface area (Å²) in [4.78, 5) is 0. The lowest BCUT2D eigenvalue weighted by molar-refractivity contribution is 0.238. The Hall–Kier alpha value is -0.0400. The van der Waals surface area contributed by atoms with Crippen molar-refractivity contribution in [1.29, 1.82) is 0 Å². The Bertz CT molecular complexity index is 252. The molecule has 2 rings (SSSR count). The molecule has 0 aromatic rings. The topological polar surface area (TPSA) is 12.0 Å². The monoisotopic (exact) mass is 279 g/mol. The fourth-order valence-electron chi connectivity index (χ4n) is 4.47. The molecule has 0 bridgehead atoms. The van der Waals surface area contributed by atoms with Crippen molar-refractivity contribution in [3.63, 3.8) is 0 Å². The van der Waals surface area contributed by atoms with Gasteiger partial charge in [-0.15, -0.1) is 0 Å². The second-order valence-electron chi connectivity index (χ2n) is 8.23. The molecular weight excluding hydrogens is 242 g/mol. The highest BCUT2D eigenvalue weighted by molar-refractivity contribution is 4.79. The maximum atomic E-state index is 3.88. The van der Waals surface area contributed by atoms with E-state index >= 15 is 0 Å². The van der Waals surface area contributed by atoms with Crippen molar-refractivity contribution in [3.05, 3.63) is 0 Å². The van der Waals surface area contributed by atoms with E-state index in [0.717, 1.165) is 29.7 Å². The fourth-order valence-corrected chi connectivity index (χ4v) is 4.47. The second-order valence-corrected chi connectivity index (χ2v) is 8.23. The minimum absolute atomic E-state index is 0.829. The highest BCUT2D eigenvalue weighted by Gasteiger charge is 2.23. The van der Waals surface area contributed by atoms with Gasteiger partial charge in [-0.05, 0) is 55.9 Å². The lowest BCUT2D eigenvalue weighted by atomic mass is 9.80. The van der Waals surface area contributed by atoms with E-state index < -0.39 is 0 Å². The summed E-state index contributed by atoms with van der Waals surface area (Å²) >= 11 is 0. The van der Waals surface area contributed by atoms with Crippen LogP contribution in [0.3, 0.4) is 0 Å². The Morgan fingerprint density at radius 2 is 1.70 bits per heavy atom. The van der Waals surface area contributed by atoms with Gasteiger partial charge in [-0.25, -0.2) is 0 Å². The molecule has 0 saturated heterocycles. The SMILES string of the molecule is CC(C)CC1CCCC(NCCC2CCC(C)CC2)C1. The van der Waals surface area contributed by atoms with E-state index in [1.165, 1.54) is 70.8 Å². The molecule has 2 unspecified atom stereocenters. The van der Waals surface area contributed by atoms with Gasteiger partial charge >= 0.3 is 0 Å². The standard InChI is InChI=1S/C19H37N/c1-15(2)13-18-5-4-6-19(14-18)20-12-11-17-9-7-16(3)8-10-17/h15-20H,4-14H2,1-3H3. The number of nitrogens with one attached hydrogen (secondary N) is 1. The van der Waals surface area contributed by atoms with Crippen LogP contribution in [0.25, 0.3) is 0 Å². The van der Waals surface area contributed by atoms with Crippen molar-refractivity contribution in [2.75, 3.05) is 6.54 Å². The average Bonchev–Trinajstić information content (AvgIpc) is 2.41. The third-order valence-corrected chi connectivity index (χ3v) is 5.71.